The highest BCUT2D eigenvalue weighted by molar-refractivity contribution is 9.10. The maximum Gasteiger partial charge on any atom is 0.180 e. The Hall–Kier alpha value is -0.730. The molecular formula is C9H7BrFNOS. The maximum absolute atomic E-state index is 13.4. The van der Waals surface area contributed by atoms with E-state index >= 15 is 0 Å². The average Bonchev–Trinajstić information content (AvgIpc) is 2.20. The second-order valence-electron chi connectivity index (χ2n) is 2.40. The molecule has 0 unspecified atom stereocenters. The third-order valence-electron chi connectivity index (χ3n) is 1.50. The van der Waals surface area contributed by atoms with Gasteiger partial charge in [-0.25, -0.2) is 4.39 Å². The van der Waals surface area contributed by atoms with Crippen molar-refractivity contribution in [2.75, 3.05) is 12.2 Å². The normalized spacial score (nSPS) is 9.57. The van der Waals surface area contributed by atoms with Crippen molar-refractivity contribution in [3.8, 4) is 11.8 Å². The van der Waals surface area contributed by atoms with Crippen molar-refractivity contribution in [3.05, 3.63) is 28.0 Å². The molecule has 0 saturated carbocycles. The molecule has 0 bridgehead atoms. The van der Waals surface area contributed by atoms with Gasteiger partial charge in [-0.3, -0.25) is 0 Å². The van der Waals surface area contributed by atoms with Gasteiger partial charge in [0.05, 0.1) is 10.0 Å². The van der Waals surface area contributed by atoms with E-state index in [-0.39, 0.29) is 15.8 Å². The molecule has 74 valence electrons. The standard InChI is InChI=1S/C9H7BrFNOS/c1-14-5-13-7-3-2-6(4-12)8(10)9(7)11/h2-3H,5H2,1H3. The van der Waals surface area contributed by atoms with Gasteiger partial charge >= 0.3 is 0 Å². The highest BCUT2D eigenvalue weighted by atomic mass is 79.9. The summed E-state index contributed by atoms with van der Waals surface area (Å²) in [4.78, 5) is 0. The first kappa shape index (κ1) is 11.3. The Morgan fingerprint density at radius 2 is 2.36 bits per heavy atom. The molecule has 0 aliphatic heterocycles. The summed E-state index contributed by atoms with van der Waals surface area (Å²) in [5.74, 6) is 0.0123. The lowest BCUT2D eigenvalue weighted by Crippen LogP contribution is -1.96. The SMILES string of the molecule is CSCOc1ccc(C#N)c(Br)c1F. The van der Waals surface area contributed by atoms with Crippen molar-refractivity contribution >= 4 is 27.7 Å². The third-order valence-corrected chi connectivity index (χ3v) is 2.63. The van der Waals surface area contributed by atoms with Crippen LogP contribution in [0.2, 0.25) is 0 Å². The first-order chi connectivity index (χ1) is 6.70. The van der Waals surface area contributed by atoms with E-state index in [2.05, 4.69) is 15.9 Å². The van der Waals surface area contributed by atoms with Crippen LogP contribution in [0.5, 0.6) is 5.75 Å². The van der Waals surface area contributed by atoms with Crippen LogP contribution in [-0.4, -0.2) is 12.2 Å². The highest BCUT2D eigenvalue weighted by Crippen LogP contribution is 2.28. The van der Waals surface area contributed by atoms with E-state index in [0.29, 0.717) is 5.94 Å². The summed E-state index contributed by atoms with van der Waals surface area (Å²) in [5, 5.41) is 8.62. The van der Waals surface area contributed by atoms with Crippen molar-refractivity contribution in [3.63, 3.8) is 0 Å². The Balaban J connectivity index is 3.00. The van der Waals surface area contributed by atoms with Crippen LogP contribution in [0.4, 0.5) is 4.39 Å². The molecule has 0 spiro atoms. The van der Waals surface area contributed by atoms with E-state index in [1.807, 2.05) is 12.3 Å². The van der Waals surface area contributed by atoms with Gasteiger partial charge in [-0.1, -0.05) is 0 Å². The van der Waals surface area contributed by atoms with Crippen molar-refractivity contribution in [1.29, 1.82) is 5.26 Å². The van der Waals surface area contributed by atoms with Gasteiger partial charge in [-0.05, 0) is 34.3 Å². The van der Waals surface area contributed by atoms with E-state index in [1.165, 1.54) is 23.9 Å². The Kier molecular flexibility index (Phi) is 4.23. The topological polar surface area (TPSA) is 33.0 Å². The molecule has 0 atom stereocenters. The first-order valence-corrected chi connectivity index (χ1v) is 5.89. The number of nitrogens with zero attached hydrogens (tertiary/aromatic N) is 1. The molecule has 1 aromatic rings. The summed E-state index contributed by atoms with van der Waals surface area (Å²) >= 11 is 4.45. The van der Waals surface area contributed by atoms with Crippen LogP contribution in [-0.2, 0) is 0 Å². The van der Waals surface area contributed by atoms with Crippen LogP contribution in [0.3, 0.4) is 0 Å². The van der Waals surface area contributed by atoms with E-state index < -0.39 is 5.82 Å². The number of halogens is 2. The smallest absolute Gasteiger partial charge is 0.180 e. The largest absolute Gasteiger partial charge is 0.480 e. The summed E-state index contributed by atoms with van der Waals surface area (Å²) in [6.07, 6.45) is 1.86. The number of benzene rings is 1. The second-order valence-corrected chi connectivity index (χ2v) is 4.01. The van der Waals surface area contributed by atoms with Gasteiger partial charge in [0.15, 0.2) is 11.6 Å². The minimum Gasteiger partial charge on any atom is -0.480 e. The summed E-state index contributed by atoms with van der Waals surface area (Å²) in [7, 11) is 0. The van der Waals surface area contributed by atoms with Crippen LogP contribution < -0.4 is 4.74 Å². The highest BCUT2D eigenvalue weighted by Gasteiger charge is 2.11. The molecule has 1 aromatic carbocycles. The van der Waals surface area contributed by atoms with Crippen molar-refractivity contribution in [2.24, 2.45) is 0 Å². The zero-order chi connectivity index (χ0) is 10.6. The van der Waals surface area contributed by atoms with Crippen molar-refractivity contribution < 1.29 is 9.13 Å². The predicted molar refractivity (Wildman–Crippen MR) is 57.8 cm³/mol. The van der Waals surface area contributed by atoms with E-state index in [4.69, 9.17) is 10.00 Å². The van der Waals surface area contributed by atoms with Gasteiger partial charge in [0.1, 0.15) is 12.0 Å². The summed E-state index contributed by atoms with van der Waals surface area (Å²) in [6.45, 7) is 0. The molecule has 0 saturated heterocycles. The molecule has 0 aliphatic carbocycles. The lowest BCUT2D eigenvalue weighted by molar-refractivity contribution is 0.367. The predicted octanol–water partition coefficient (Wildman–Crippen LogP) is 3.16. The Bertz CT molecular complexity index is 378. The summed E-state index contributed by atoms with van der Waals surface area (Å²) in [6, 6.07) is 4.84. The number of thioether (sulfide) groups is 1. The fourth-order valence-electron chi connectivity index (χ4n) is 0.852. The quantitative estimate of drug-likeness (QED) is 0.795. The maximum atomic E-state index is 13.4. The number of nitriles is 1. The summed E-state index contributed by atoms with van der Waals surface area (Å²) < 4.78 is 18.7. The molecule has 0 heterocycles. The Labute approximate surface area is 94.2 Å². The van der Waals surface area contributed by atoms with E-state index in [9.17, 15) is 4.39 Å². The van der Waals surface area contributed by atoms with Crippen LogP contribution in [0.1, 0.15) is 5.56 Å². The Morgan fingerprint density at radius 3 is 2.93 bits per heavy atom. The van der Waals surface area contributed by atoms with Crippen molar-refractivity contribution in [1.82, 2.24) is 0 Å². The third kappa shape index (κ3) is 2.40. The van der Waals surface area contributed by atoms with Gasteiger partial charge in [0.25, 0.3) is 0 Å². The molecule has 0 aromatic heterocycles. The molecule has 0 aliphatic rings. The molecule has 0 amide bonds. The van der Waals surface area contributed by atoms with Crippen LogP contribution >= 0.6 is 27.7 Å². The van der Waals surface area contributed by atoms with Gasteiger partial charge in [-0.2, -0.15) is 5.26 Å². The molecule has 1 rings (SSSR count). The van der Waals surface area contributed by atoms with Gasteiger partial charge < -0.3 is 4.74 Å². The van der Waals surface area contributed by atoms with Gasteiger partial charge in [0, 0.05) is 0 Å². The fourth-order valence-corrected chi connectivity index (χ4v) is 1.51. The zero-order valence-corrected chi connectivity index (χ0v) is 9.78. The monoisotopic (exact) mass is 275 g/mol. The number of ether oxygens (including phenoxy) is 1. The number of hydrogen-bond acceptors (Lipinski definition) is 3. The first-order valence-electron chi connectivity index (χ1n) is 3.70. The Morgan fingerprint density at radius 1 is 1.64 bits per heavy atom. The minimum atomic E-state index is -0.530. The summed E-state index contributed by atoms with van der Waals surface area (Å²) in [5.41, 5.74) is 0.263. The average molecular weight is 276 g/mol. The molecule has 5 heteroatoms. The van der Waals surface area contributed by atoms with Crippen LogP contribution in [0, 0.1) is 17.1 Å². The van der Waals surface area contributed by atoms with Gasteiger partial charge in [0.2, 0.25) is 0 Å². The molecule has 0 fully saturated rings. The van der Waals surface area contributed by atoms with E-state index in [1.54, 1.807) is 0 Å². The molecule has 14 heavy (non-hydrogen) atoms. The van der Waals surface area contributed by atoms with E-state index in [0.717, 1.165) is 0 Å². The molecule has 2 nitrogen and oxygen atoms in total. The minimum absolute atomic E-state index is 0.151. The van der Waals surface area contributed by atoms with Crippen molar-refractivity contribution in [2.45, 2.75) is 0 Å². The molecule has 0 radical (unpaired) electrons. The van der Waals surface area contributed by atoms with Crippen LogP contribution in [0.15, 0.2) is 16.6 Å². The lowest BCUT2D eigenvalue weighted by atomic mass is 10.2. The number of hydrogen-bond donors (Lipinski definition) is 0. The zero-order valence-electron chi connectivity index (χ0n) is 7.38. The molecule has 0 N–H and O–H groups in total. The van der Waals surface area contributed by atoms with Crippen LogP contribution in [0.25, 0.3) is 0 Å². The second kappa shape index (κ2) is 5.23. The molecular weight excluding hydrogens is 269 g/mol. The van der Waals surface area contributed by atoms with Gasteiger partial charge in [-0.15, -0.1) is 11.8 Å². The fraction of sp³-hybridized carbons (Fsp3) is 0.222. The lowest BCUT2D eigenvalue weighted by Gasteiger charge is -2.06. The number of rotatable bonds is 3.